The molecular formula is C15H31N2O2+. The summed E-state index contributed by atoms with van der Waals surface area (Å²) in [6.07, 6.45) is 5.50. The molecule has 0 bridgehead atoms. The number of rotatable bonds is 11. The van der Waals surface area contributed by atoms with Crippen molar-refractivity contribution in [2.24, 2.45) is 0 Å². The largest absolute Gasteiger partial charge is 0.391 e. The molecule has 0 aliphatic heterocycles. The smallest absolute Gasteiger partial charge is 0.222 e. The third-order valence-electron chi connectivity index (χ3n) is 3.46. The van der Waals surface area contributed by atoms with Crippen molar-refractivity contribution >= 4 is 5.91 Å². The first-order chi connectivity index (χ1) is 8.96. The van der Waals surface area contributed by atoms with Gasteiger partial charge in [0.25, 0.3) is 0 Å². The molecule has 0 aliphatic rings. The number of hydrogen-bond acceptors (Lipinski definition) is 2. The number of amides is 1. The zero-order valence-electron chi connectivity index (χ0n) is 12.9. The molecule has 0 atom stereocenters. The van der Waals surface area contributed by atoms with Crippen LogP contribution in [0.4, 0.5) is 0 Å². The van der Waals surface area contributed by atoms with Gasteiger partial charge in [0.2, 0.25) is 5.91 Å². The molecule has 0 saturated heterocycles. The van der Waals surface area contributed by atoms with E-state index in [1.54, 1.807) is 0 Å². The van der Waals surface area contributed by atoms with Crippen LogP contribution in [0.1, 0.15) is 32.6 Å². The SMILES string of the molecule is C=CCCCCC(=O)N(CC)CC[N+](C)(C)CCO. The molecule has 0 unspecified atom stereocenters. The van der Waals surface area contributed by atoms with Crippen LogP contribution in [-0.2, 0) is 4.79 Å². The van der Waals surface area contributed by atoms with Gasteiger partial charge in [-0.05, 0) is 26.2 Å². The number of quaternary nitrogens is 1. The maximum absolute atomic E-state index is 12.1. The highest BCUT2D eigenvalue weighted by atomic mass is 16.3. The highest BCUT2D eigenvalue weighted by Gasteiger charge is 2.18. The summed E-state index contributed by atoms with van der Waals surface area (Å²) < 4.78 is 0.747. The molecule has 0 aromatic carbocycles. The predicted molar refractivity (Wildman–Crippen MR) is 79.8 cm³/mol. The van der Waals surface area contributed by atoms with Crippen LogP contribution in [0.2, 0.25) is 0 Å². The fourth-order valence-corrected chi connectivity index (χ4v) is 1.96. The van der Waals surface area contributed by atoms with Crippen molar-refractivity contribution in [3.05, 3.63) is 12.7 Å². The first kappa shape index (κ1) is 18.1. The van der Waals surface area contributed by atoms with E-state index in [0.717, 1.165) is 49.9 Å². The van der Waals surface area contributed by atoms with E-state index in [9.17, 15) is 4.79 Å². The van der Waals surface area contributed by atoms with Crippen LogP contribution in [0.15, 0.2) is 12.7 Å². The minimum Gasteiger partial charge on any atom is -0.391 e. The number of aliphatic hydroxyl groups is 1. The average Bonchev–Trinajstić information content (AvgIpc) is 2.35. The lowest BCUT2D eigenvalue weighted by Crippen LogP contribution is -2.48. The number of carbonyl (C=O) groups excluding carboxylic acids is 1. The highest BCUT2D eigenvalue weighted by molar-refractivity contribution is 5.76. The van der Waals surface area contributed by atoms with Crippen LogP contribution in [0.25, 0.3) is 0 Å². The highest BCUT2D eigenvalue weighted by Crippen LogP contribution is 2.05. The Morgan fingerprint density at radius 3 is 2.53 bits per heavy atom. The van der Waals surface area contributed by atoms with Crippen molar-refractivity contribution in [2.75, 3.05) is 46.9 Å². The fraction of sp³-hybridized carbons (Fsp3) is 0.800. The van der Waals surface area contributed by atoms with Crippen molar-refractivity contribution in [3.8, 4) is 0 Å². The first-order valence-electron chi connectivity index (χ1n) is 7.28. The Balaban J connectivity index is 4.04. The third-order valence-corrected chi connectivity index (χ3v) is 3.46. The molecular weight excluding hydrogens is 240 g/mol. The maximum Gasteiger partial charge on any atom is 0.222 e. The quantitative estimate of drug-likeness (QED) is 0.353. The van der Waals surface area contributed by atoms with Crippen molar-refractivity contribution in [1.82, 2.24) is 4.90 Å². The van der Waals surface area contributed by atoms with E-state index in [2.05, 4.69) is 20.7 Å². The van der Waals surface area contributed by atoms with E-state index in [4.69, 9.17) is 5.11 Å². The number of nitrogens with zero attached hydrogens (tertiary/aromatic N) is 2. The van der Waals surface area contributed by atoms with Gasteiger partial charge < -0.3 is 14.5 Å². The Hall–Kier alpha value is -0.870. The molecule has 0 aromatic heterocycles. The molecule has 1 N–H and O–H groups in total. The minimum atomic E-state index is 0.189. The zero-order chi connectivity index (χ0) is 14.7. The van der Waals surface area contributed by atoms with Crippen LogP contribution in [0.5, 0.6) is 0 Å². The van der Waals surface area contributed by atoms with Crippen molar-refractivity contribution in [1.29, 1.82) is 0 Å². The van der Waals surface area contributed by atoms with Crippen LogP contribution in [0.3, 0.4) is 0 Å². The Kier molecular flexibility index (Phi) is 9.53. The molecule has 112 valence electrons. The van der Waals surface area contributed by atoms with Gasteiger partial charge in [0.1, 0.15) is 6.54 Å². The van der Waals surface area contributed by atoms with Gasteiger partial charge in [-0.15, -0.1) is 6.58 Å². The monoisotopic (exact) mass is 271 g/mol. The number of aliphatic hydroxyl groups excluding tert-OH is 1. The second-order valence-corrected chi connectivity index (χ2v) is 5.61. The van der Waals surface area contributed by atoms with Crippen LogP contribution in [0, 0.1) is 0 Å². The number of unbranched alkanes of at least 4 members (excludes halogenated alkanes) is 2. The molecule has 0 radical (unpaired) electrons. The molecule has 0 spiro atoms. The Morgan fingerprint density at radius 1 is 1.32 bits per heavy atom. The molecule has 4 nitrogen and oxygen atoms in total. The minimum absolute atomic E-state index is 0.189. The lowest BCUT2D eigenvalue weighted by Gasteiger charge is -2.32. The van der Waals surface area contributed by atoms with Crippen LogP contribution >= 0.6 is 0 Å². The van der Waals surface area contributed by atoms with E-state index in [1.165, 1.54) is 0 Å². The van der Waals surface area contributed by atoms with E-state index in [-0.39, 0.29) is 12.5 Å². The summed E-state index contributed by atoms with van der Waals surface area (Å²) in [7, 11) is 4.16. The topological polar surface area (TPSA) is 40.5 Å². The second kappa shape index (κ2) is 9.98. The van der Waals surface area contributed by atoms with E-state index in [1.807, 2.05) is 17.9 Å². The Labute approximate surface area is 118 Å². The van der Waals surface area contributed by atoms with Gasteiger partial charge >= 0.3 is 0 Å². The van der Waals surface area contributed by atoms with Crippen LogP contribution < -0.4 is 0 Å². The number of likely N-dealkylation sites (N-methyl/N-ethyl adjacent to an activating group) is 2. The number of hydrogen-bond donors (Lipinski definition) is 1. The summed E-state index contributed by atoms with van der Waals surface area (Å²) in [6, 6.07) is 0. The maximum atomic E-state index is 12.1. The summed E-state index contributed by atoms with van der Waals surface area (Å²) >= 11 is 0. The average molecular weight is 271 g/mol. The summed E-state index contributed by atoms with van der Waals surface area (Å²) in [5, 5.41) is 9.00. The second-order valence-electron chi connectivity index (χ2n) is 5.61. The number of carbonyl (C=O) groups is 1. The predicted octanol–water partition coefficient (Wildman–Crippen LogP) is 1.65. The fourth-order valence-electron chi connectivity index (χ4n) is 1.96. The Bertz CT molecular complexity index is 265. The van der Waals surface area contributed by atoms with Gasteiger partial charge in [0.15, 0.2) is 0 Å². The molecule has 0 aromatic rings. The Morgan fingerprint density at radius 2 is 2.00 bits per heavy atom. The lowest BCUT2D eigenvalue weighted by molar-refractivity contribution is -0.890. The van der Waals surface area contributed by atoms with Gasteiger partial charge in [-0.25, -0.2) is 0 Å². The molecule has 0 heterocycles. The van der Waals surface area contributed by atoms with Gasteiger partial charge in [0, 0.05) is 13.0 Å². The molecule has 0 fully saturated rings. The lowest BCUT2D eigenvalue weighted by atomic mass is 10.2. The molecule has 4 heteroatoms. The normalized spacial score (nSPS) is 11.4. The molecule has 0 saturated carbocycles. The van der Waals surface area contributed by atoms with Gasteiger partial charge in [-0.3, -0.25) is 4.79 Å². The van der Waals surface area contributed by atoms with E-state index >= 15 is 0 Å². The van der Waals surface area contributed by atoms with Crippen molar-refractivity contribution in [3.63, 3.8) is 0 Å². The summed E-state index contributed by atoms with van der Waals surface area (Å²) in [4.78, 5) is 14.0. The van der Waals surface area contributed by atoms with Gasteiger partial charge in [0.05, 0.1) is 33.8 Å². The van der Waals surface area contributed by atoms with E-state index in [0.29, 0.717) is 6.42 Å². The molecule has 1 amide bonds. The van der Waals surface area contributed by atoms with Crippen molar-refractivity contribution in [2.45, 2.75) is 32.6 Å². The third kappa shape index (κ3) is 8.78. The molecule has 0 aliphatic carbocycles. The molecule has 0 rings (SSSR count). The standard InChI is InChI=1S/C15H31N2O2/c1-5-7-8-9-10-15(19)16(6-2)11-12-17(3,4)13-14-18/h5,18H,1,6-14H2,2-4H3/q+1. The molecule has 19 heavy (non-hydrogen) atoms. The zero-order valence-corrected chi connectivity index (χ0v) is 12.9. The summed E-state index contributed by atoms with van der Waals surface area (Å²) in [5.41, 5.74) is 0. The first-order valence-corrected chi connectivity index (χ1v) is 7.28. The van der Waals surface area contributed by atoms with E-state index < -0.39 is 0 Å². The van der Waals surface area contributed by atoms with Gasteiger partial charge in [-0.2, -0.15) is 0 Å². The summed E-state index contributed by atoms with van der Waals surface area (Å²) in [6.45, 7) is 9.04. The van der Waals surface area contributed by atoms with Crippen LogP contribution in [-0.4, -0.2) is 67.3 Å². The van der Waals surface area contributed by atoms with Crippen molar-refractivity contribution < 1.29 is 14.4 Å². The van der Waals surface area contributed by atoms with Gasteiger partial charge in [-0.1, -0.05) is 6.08 Å². The summed E-state index contributed by atoms with van der Waals surface area (Å²) in [5.74, 6) is 0.246. The number of allylic oxidation sites excluding steroid dienone is 1.